The Hall–Kier alpha value is -1.26. The van der Waals surface area contributed by atoms with Crippen molar-refractivity contribution in [2.75, 3.05) is 19.6 Å². The molecule has 3 amide bonds. The molecule has 23 heavy (non-hydrogen) atoms. The normalized spacial score (nSPS) is 26.7. The molecule has 0 radical (unpaired) electrons. The number of nitrogens with one attached hydrogen (secondary N) is 2. The molecular formula is C18H31N3O2. The number of likely N-dealkylation sites (tertiary alicyclic amines) is 1. The SMILES string of the molecule is O=C(NCC1CCCCCCC1)NC[C@H]1CC(=O)N(C2CC2)C1. The van der Waals surface area contributed by atoms with E-state index in [2.05, 4.69) is 10.6 Å². The Bertz CT molecular complexity index is 414. The van der Waals surface area contributed by atoms with Gasteiger partial charge in [0.25, 0.3) is 0 Å². The van der Waals surface area contributed by atoms with Gasteiger partial charge in [0.15, 0.2) is 0 Å². The molecule has 5 heteroatoms. The van der Waals surface area contributed by atoms with Gasteiger partial charge in [-0.2, -0.15) is 0 Å². The zero-order valence-electron chi connectivity index (χ0n) is 14.2. The number of carbonyl (C=O) groups excluding carboxylic acids is 2. The van der Waals surface area contributed by atoms with Gasteiger partial charge < -0.3 is 15.5 Å². The maximum absolute atomic E-state index is 12.0. The second-order valence-electron chi connectivity index (χ2n) is 7.65. The standard InChI is InChI=1S/C18H31N3O2/c22-17-10-15(13-21(17)16-8-9-16)12-20-18(23)19-11-14-6-4-2-1-3-5-7-14/h14-16H,1-13H2,(H2,19,20,23)/t15-/m1/s1. The van der Waals surface area contributed by atoms with E-state index in [0.29, 0.717) is 24.9 Å². The lowest BCUT2D eigenvalue weighted by molar-refractivity contribution is -0.128. The summed E-state index contributed by atoms with van der Waals surface area (Å²) >= 11 is 0. The third-order valence-corrected chi connectivity index (χ3v) is 5.55. The summed E-state index contributed by atoms with van der Waals surface area (Å²) in [5.41, 5.74) is 0. The molecule has 3 fully saturated rings. The molecular weight excluding hydrogens is 290 g/mol. The molecule has 1 saturated heterocycles. The summed E-state index contributed by atoms with van der Waals surface area (Å²) in [4.78, 5) is 25.9. The first-order chi connectivity index (χ1) is 11.2. The van der Waals surface area contributed by atoms with Crippen molar-refractivity contribution in [1.82, 2.24) is 15.5 Å². The maximum Gasteiger partial charge on any atom is 0.314 e. The minimum Gasteiger partial charge on any atom is -0.339 e. The first-order valence-electron chi connectivity index (χ1n) is 9.53. The lowest BCUT2D eigenvalue weighted by Gasteiger charge is -2.20. The van der Waals surface area contributed by atoms with Gasteiger partial charge in [-0.1, -0.05) is 32.1 Å². The van der Waals surface area contributed by atoms with E-state index in [0.717, 1.165) is 25.9 Å². The van der Waals surface area contributed by atoms with Gasteiger partial charge in [0, 0.05) is 38.0 Å². The summed E-state index contributed by atoms with van der Waals surface area (Å²) in [6.07, 6.45) is 12.1. The van der Waals surface area contributed by atoms with Gasteiger partial charge in [-0.15, -0.1) is 0 Å². The average Bonchev–Trinajstić information content (AvgIpc) is 3.27. The lowest BCUT2D eigenvalue weighted by atomic mass is 9.91. The zero-order chi connectivity index (χ0) is 16.1. The second-order valence-corrected chi connectivity index (χ2v) is 7.65. The molecule has 0 spiro atoms. The van der Waals surface area contributed by atoms with Crippen LogP contribution in [0, 0.1) is 11.8 Å². The summed E-state index contributed by atoms with van der Waals surface area (Å²) in [6, 6.07) is 0.435. The van der Waals surface area contributed by atoms with E-state index in [9.17, 15) is 9.59 Å². The molecule has 130 valence electrons. The van der Waals surface area contributed by atoms with E-state index in [-0.39, 0.29) is 17.9 Å². The van der Waals surface area contributed by atoms with Crippen molar-refractivity contribution in [3.63, 3.8) is 0 Å². The van der Waals surface area contributed by atoms with Gasteiger partial charge in [-0.05, 0) is 31.6 Å². The first-order valence-corrected chi connectivity index (χ1v) is 9.53. The summed E-state index contributed by atoms with van der Waals surface area (Å²) in [5.74, 6) is 1.20. The molecule has 1 aliphatic heterocycles. The largest absolute Gasteiger partial charge is 0.339 e. The molecule has 1 atom stereocenters. The molecule has 0 aromatic carbocycles. The lowest BCUT2D eigenvalue weighted by Crippen LogP contribution is -2.41. The molecule has 3 aliphatic rings. The third kappa shape index (κ3) is 5.11. The third-order valence-electron chi connectivity index (χ3n) is 5.55. The molecule has 0 aromatic rings. The number of rotatable bonds is 5. The summed E-state index contributed by atoms with van der Waals surface area (Å²) in [7, 11) is 0. The van der Waals surface area contributed by atoms with Gasteiger partial charge in [0.1, 0.15) is 0 Å². The van der Waals surface area contributed by atoms with Crippen molar-refractivity contribution in [3.8, 4) is 0 Å². The fourth-order valence-corrected chi connectivity index (χ4v) is 3.97. The van der Waals surface area contributed by atoms with Crippen LogP contribution in [0.4, 0.5) is 4.79 Å². The minimum absolute atomic E-state index is 0.0654. The van der Waals surface area contributed by atoms with Crippen molar-refractivity contribution in [1.29, 1.82) is 0 Å². The van der Waals surface area contributed by atoms with E-state index in [4.69, 9.17) is 0 Å². The van der Waals surface area contributed by atoms with Gasteiger partial charge >= 0.3 is 6.03 Å². The van der Waals surface area contributed by atoms with Crippen LogP contribution in [0.15, 0.2) is 0 Å². The van der Waals surface area contributed by atoms with Crippen LogP contribution >= 0.6 is 0 Å². The average molecular weight is 321 g/mol. The van der Waals surface area contributed by atoms with Crippen LogP contribution in [0.5, 0.6) is 0 Å². The predicted octanol–water partition coefficient (Wildman–Crippen LogP) is 2.66. The highest BCUT2D eigenvalue weighted by molar-refractivity contribution is 5.79. The number of hydrogen-bond acceptors (Lipinski definition) is 2. The Morgan fingerprint density at radius 1 is 0.913 bits per heavy atom. The molecule has 0 unspecified atom stereocenters. The number of urea groups is 1. The van der Waals surface area contributed by atoms with Crippen molar-refractivity contribution in [3.05, 3.63) is 0 Å². The summed E-state index contributed by atoms with van der Waals surface area (Å²) in [6.45, 7) is 2.24. The van der Waals surface area contributed by atoms with Gasteiger partial charge in [-0.3, -0.25) is 4.79 Å². The van der Waals surface area contributed by atoms with Crippen LogP contribution in [0.1, 0.15) is 64.2 Å². The Morgan fingerprint density at radius 3 is 2.17 bits per heavy atom. The Labute approximate surface area is 139 Å². The van der Waals surface area contributed by atoms with Crippen LogP contribution in [0.3, 0.4) is 0 Å². The Kier molecular flexibility index (Phi) is 5.79. The van der Waals surface area contributed by atoms with Crippen molar-refractivity contribution in [2.45, 2.75) is 70.3 Å². The predicted molar refractivity (Wildman–Crippen MR) is 90.1 cm³/mol. The van der Waals surface area contributed by atoms with Gasteiger partial charge in [-0.25, -0.2) is 4.79 Å². The first kappa shape index (κ1) is 16.6. The number of nitrogens with zero attached hydrogens (tertiary/aromatic N) is 1. The highest BCUT2D eigenvalue weighted by Gasteiger charge is 2.39. The van der Waals surface area contributed by atoms with Crippen LogP contribution in [0.25, 0.3) is 0 Å². The van der Waals surface area contributed by atoms with Crippen molar-refractivity contribution >= 4 is 11.9 Å². The highest BCUT2D eigenvalue weighted by atomic mass is 16.2. The van der Waals surface area contributed by atoms with E-state index in [1.54, 1.807) is 0 Å². The summed E-state index contributed by atoms with van der Waals surface area (Å²) < 4.78 is 0. The minimum atomic E-state index is -0.0654. The molecule has 2 N–H and O–H groups in total. The monoisotopic (exact) mass is 321 g/mol. The quantitative estimate of drug-likeness (QED) is 0.818. The van der Waals surface area contributed by atoms with E-state index >= 15 is 0 Å². The maximum atomic E-state index is 12.0. The highest BCUT2D eigenvalue weighted by Crippen LogP contribution is 2.32. The van der Waals surface area contributed by atoms with Crippen LogP contribution in [-0.4, -0.2) is 42.5 Å². The molecule has 2 aliphatic carbocycles. The van der Waals surface area contributed by atoms with Crippen molar-refractivity contribution in [2.24, 2.45) is 11.8 Å². The number of carbonyl (C=O) groups is 2. The number of amides is 3. The van der Waals surface area contributed by atoms with E-state index in [1.165, 1.54) is 44.9 Å². The molecule has 0 aromatic heterocycles. The van der Waals surface area contributed by atoms with Crippen LogP contribution in [0.2, 0.25) is 0 Å². The van der Waals surface area contributed by atoms with Crippen LogP contribution < -0.4 is 10.6 Å². The van der Waals surface area contributed by atoms with Crippen molar-refractivity contribution < 1.29 is 9.59 Å². The zero-order valence-corrected chi connectivity index (χ0v) is 14.2. The number of hydrogen-bond donors (Lipinski definition) is 2. The molecule has 3 rings (SSSR count). The fraction of sp³-hybridized carbons (Fsp3) is 0.889. The van der Waals surface area contributed by atoms with E-state index < -0.39 is 0 Å². The Balaban J connectivity index is 1.31. The van der Waals surface area contributed by atoms with E-state index in [1.807, 2.05) is 4.90 Å². The second kappa shape index (κ2) is 8.02. The topological polar surface area (TPSA) is 61.4 Å². The van der Waals surface area contributed by atoms with Gasteiger partial charge in [0.2, 0.25) is 5.91 Å². The Morgan fingerprint density at radius 2 is 1.52 bits per heavy atom. The summed E-state index contributed by atoms with van der Waals surface area (Å²) in [5, 5.41) is 6.00. The molecule has 0 bridgehead atoms. The molecule has 5 nitrogen and oxygen atoms in total. The smallest absolute Gasteiger partial charge is 0.314 e. The van der Waals surface area contributed by atoms with Crippen LogP contribution in [-0.2, 0) is 4.79 Å². The molecule has 1 heterocycles. The van der Waals surface area contributed by atoms with Gasteiger partial charge in [0.05, 0.1) is 0 Å². The molecule has 2 saturated carbocycles. The fourth-order valence-electron chi connectivity index (χ4n) is 3.97.